The van der Waals surface area contributed by atoms with Crippen molar-refractivity contribution in [2.75, 3.05) is 99.9 Å². The van der Waals surface area contributed by atoms with Crippen molar-refractivity contribution in [3.63, 3.8) is 0 Å². The molecule has 32 heteroatoms. The maximum atomic E-state index is 14.6. The fraction of sp³-hybridized carbons (Fsp3) is 0.528. The normalized spacial score (nSPS) is 28.3. The van der Waals surface area contributed by atoms with Gasteiger partial charge in [0.05, 0.1) is 108 Å². The Balaban J connectivity index is 0.903. The number of sulfonamides is 3. The molecule has 0 unspecified atom stereocenters. The van der Waals surface area contributed by atoms with Gasteiger partial charge in [-0.1, -0.05) is 0 Å². The molecule has 6 heterocycles. The Labute approximate surface area is 492 Å². The number of nitrogens with one attached hydrogen (secondary N) is 9. The zero-order valence-electron chi connectivity index (χ0n) is 47.0. The second-order valence-electron chi connectivity index (χ2n) is 21.9. The molecule has 462 valence electrons. The van der Waals surface area contributed by atoms with Crippen LogP contribution in [0.5, 0.6) is 17.2 Å². The van der Waals surface area contributed by atoms with Gasteiger partial charge in [0.1, 0.15) is 17.2 Å². The van der Waals surface area contributed by atoms with Gasteiger partial charge in [-0.05, 0) is 72.8 Å². The summed E-state index contributed by atoms with van der Waals surface area (Å²) in [4.78, 5) is 96.2. The number of rotatable bonds is 21. The summed E-state index contributed by atoms with van der Waals surface area (Å²) in [7, 11) is -8.44. The molecular weight excluding hydrogens is 1170 g/mol. The highest BCUT2D eigenvalue weighted by atomic mass is 32.2. The molecule has 7 amide bonds. The van der Waals surface area contributed by atoms with Crippen LogP contribution >= 0.6 is 0 Å². The smallest absolute Gasteiger partial charge is 0.243 e. The molecule has 12 atom stereocenters. The van der Waals surface area contributed by atoms with Crippen molar-refractivity contribution in [1.82, 2.24) is 60.8 Å². The van der Waals surface area contributed by atoms with E-state index in [1.807, 2.05) is 0 Å². The summed E-state index contributed by atoms with van der Waals surface area (Å²) in [5.41, 5.74) is 5.74. The van der Waals surface area contributed by atoms with Crippen molar-refractivity contribution in [1.29, 1.82) is 0 Å². The van der Waals surface area contributed by atoms with Crippen LogP contribution in [-0.2, 0) is 63.6 Å². The third kappa shape index (κ3) is 13.5. The van der Waals surface area contributed by atoms with E-state index in [4.69, 9.17) is 19.9 Å². The monoisotopic (exact) mass is 1240 g/mol. The van der Waals surface area contributed by atoms with Crippen LogP contribution < -0.4 is 67.8 Å². The SMILES string of the molecule is COc1ccc(S(=O)(=O)N2C[C@@H](NC(=O)[C@@H]3CNC[C@H]3NC(=O)[C@@H]3CN(S(=O)(=O)c4ccc(OC)cc4)C[C@H]3NC(=O)[C@@H]3CNC[C@H]3NC(=O)[C@@H]3CN(S(=O)(=O)c4ccc(OC)cc4)C[C@H]3NC(=O)[C@@H]3CNC[C@H]3NC(C)=O)[C@H](C(N)=O)C2)cc1. The number of ether oxygens (including phenoxy) is 3. The van der Waals surface area contributed by atoms with Crippen LogP contribution in [-0.4, -0.2) is 216 Å². The highest BCUT2D eigenvalue weighted by Crippen LogP contribution is 2.31. The summed E-state index contributed by atoms with van der Waals surface area (Å²) >= 11 is 0. The first-order valence-corrected chi connectivity index (χ1v) is 31.9. The van der Waals surface area contributed by atoms with Crippen LogP contribution in [0.1, 0.15) is 6.92 Å². The van der Waals surface area contributed by atoms with Crippen molar-refractivity contribution in [3.8, 4) is 17.2 Å². The number of carbonyl (C=O) groups excluding carboxylic acids is 7. The van der Waals surface area contributed by atoms with Crippen LogP contribution in [0.25, 0.3) is 0 Å². The minimum absolute atomic E-state index is 0.0174. The topological polar surface area (TPSA) is 394 Å². The standard InChI is InChI=1S/C53H71N13O16S3/c1-29(67)58-42-20-55-17-36(42)49(69)62-46-27-65(84(76,77)34-13-7-31(81-3)8-14-34)24-40(46)52(72)60-44-22-57-19-38(44)51(71)63-47-28-66(85(78,79)35-15-9-32(82-4)10-16-35)25-41(47)53(73)59-43-21-56-18-37(43)50(70)61-45-26-64(23-39(45)48(54)68)83(74,75)33-11-5-30(80-2)6-12-33/h5-16,36-47,55-57H,17-28H2,1-4H3,(H2,54,68)(H,58,67)(H,59,73)(H,60,72)(H,61,70)(H,62,69)(H,63,71)/t36-,37-,38-,39-,40-,41-,42-,43-,44-,45-,46-,47-/m1/s1. The number of nitrogens with two attached hydrogens (primary N) is 1. The van der Waals surface area contributed by atoms with Gasteiger partial charge in [0.15, 0.2) is 0 Å². The Bertz CT molecular complexity index is 3370. The van der Waals surface area contributed by atoms with Gasteiger partial charge in [0, 0.05) is 85.5 Å². The van der Waals surface area contributed by atoms with Crippen LogP contribution in [0.2, 0.25) is 0 Å². The van der Waals surface area contributed by atoms with Gasteiger partial charge < -0.3 is 67.8 Å². The zero-order valence-corrected chi connectivity index (χ0v) is 49.5. The quantitative estimate of drug-likeness (QED) is 0.0478. The molecule has 0 aliphatic carbocycles. The summed E-state index contributed by atoms with van der Waals surface area (Å²) in [6.45, 7) is -0.0341. The van der Waals surface area contributed by atoms with E-state index in [9.17, 15) is 58.8 Å². The Hall–Kier alpha value is -7.04. The summed E-state index contributed by atoms with van der Waals surface area (Å²) in [6, 6.07) is 11.2. The molecule has 3 aromatic rings. The van der Waals surface area contributed by atoms with Gasteiger partial charge in [-0.25, -0.2) is 25.3 Å². The molecule has 0 spiro atoms. The van der Waals surface area contributed by atoms with Gasteiger partial charge in [-0.15, -0.1) is 0 Å². The molecule has 6 aliphatic rings. The molecule has 0 aromatic heterocycles. The molecule has 29 nitrogen and oxygen atoms in total. The lowest BCUT2D eigenvalue weighted by molar-refractivity contribution is -0.130. The average molecular weight is 1240 g/mol. The van der Waals surface area contributed by atoms with Crippen molar-refractivity contribution < 1.29 is 73.0 Å². The fourth-order valence-corrected chi connectivity index (χ4v) is 16.3. The third-order valence-electron chi connectivity index (χ3n) is 16.7. The van der Waals surface area contributed by atoms with Gasteiger partial charge in [0.2, 0.25) is 71.4 Å². The summed E-state index contributed by atoms with van der Waals surface area (Å²) in [5.74, 6) is -9.48. The zero-order chi connectivity index (χ0) is 61.1. The van der Waals surface area contributed by atoms with E-state index >= 15 is 0 Å². The number of amides is 7. The molecule has 11 N–H and O–H groups in total. The highest BCUT2D eigenvalue weighted by Gasteiger charge is 2.50. The second-order valence-corrected chi connectivity index (χ2v) is 27.7. The highest BCUT2D eigenvalue weighted by molar-refractivity contribution is 7.89. The Morgan fingerprint density at radius 3 is 0.929 bits per heavy atom. The minimum Gasteiger partial charge on any atom is -0.497 e. The van der Waals surface area contributed by atoms with Crippen LogP contribution in [0, 0.1) is 35.5 Å². The first kappa shape index (κ1) is 62.5. The minimum atomic E-state index is -4.33. The predicted octanol–water partition coefficient (Wildman–Crippen LogP) is -4.95. The summed E-state index contributed by atoms with van der Waals surface area (Å²) in [5, 5.41) is 26.3. The van der Waals surface area contributed by atoms with Gasteiger partial charge in [-0.3, -0.25) is 33.6 Å². The molecular formula is C53H71N13O16S3. The predicted molar refractivity (Wildman–Crippen MR) is 301 cm³/mol. The molecule has 3 aromatic carbocycles. The van der Waals surface area contributed by atoms with E-state index in [2.05, 4.69) is 47.9 Å². The van der Waals surface area contributed by atoms with E-state index in [1.165, 1.54) is 101 Å². The average Bonchev–Trinajstić information content (AvgIpc) is 2.50. The Morgan fingerprint density at radius 1 is 0.388 bits per heavy atom. The lowest BCUT2D eigenvalue weighted by Crippen LogP contribution is -2.56. The van der Waals surface area contributed by atoms with E-state index in [0.29, 0.717) is 23.8 Å². The van der Waals surface area contributed by atoms with Gasteiger partial charge in [-0.2, -0.15) is 12.9 Å². The molecule has 6 saturated heterocycles. The first-order valence-electron chi connectivity index (χ1n) is 27.6. The number of methoxy groups -OCH3 is 3. The van der Waals surface area contributed by atoms with Crippen LogP contribution in [0.3, 0.4) is 0 Å². The number of carbonyl (C=O) groups is 7. The Morgan fingerprint density at radius 2 is 0.647 bits per heavy atom. The number of primary amides is 1. The van der Waals surface area contributed by atoms with E-state index < -0.39 is 144 Å². The summed E-state index contributed by atoms with van der Waals surface area (Å²) < 4.78 is 103. The summed E-state index contributed by atoms with van der Waals surface area (Å²) in [6.07, 6.45) is 0. The molecule has 9 rings (SSSR count). The second kappa shape index (κ2) is 25.9. The van der Waals surface area contributed by atoms with Crippen molar-refractivity contribution in [2.45, 2.75) is 57.9 Å². The molecule has 0 bridgehead atoms. The molecule has 0 saturated carbocycles. The lowest BCUT2D eigenvalue weighted by Gasteiger charge is -2.28. The number of benzene rings is 3. The number of hydrogen-bond donors (Lipinski definition) is 10. The van der Waals surface area contributed by atoms with E-state index in [-0.39, 0.29) is 86.0 Å². The van der Waals surface area contributed by atoms with Crippen molar-refractivity contribution in [2.24, 2.45) is 41.2 Å². The van der Waals surface area contributed by atoms with Crippen molar-refractivity contribution >= 4 is 71.4 Å². The number of nitrogens with zero attached hydrogens (tertiary/aromatic N) is 3. The fourth-order valence-electron chi connectivity index (χ4n) is 11.9. The van der Waals surface area contributed by atoms with E-state index in [0.717, 1.165) is 12.9 Å². The van der Waals surface area contributed by atoms with Gasteiger partial charge >= 0.3 is 0 Å². The molecule has 6 aliphatic heterocycles. The van der Waals surface area contributed by atoms with Gasteiger partial charge in [0.25, 0.3) is 0 Å². The van der Waals surface area contributed by atoms with Crippen LogP contribution in [0.15, 0.2) is 87.5 Å². The number of hydrogen-bond acceptors (Lipinski definition) is 19. The molecule has 85 heavy (non-hydrogen) atoms. The maximum absolute atomic E-state index is 14.6. The third-order valence-corrected chi connectivity index (χ3v) is 22.2. The van der Waals surface area contributed by atoms with Crippen LogP contribution in [0.4, 0.5) is 0 Å². The largest absolute Gasteiger partial charge is 0.497 e. The first-order chi connectivity index (χ1) is 40.4. The maximum Gasteiger partial charge on any atom is 0.243 e. The van der Waals surface area contributed by atoms with E-state index in [1.54, 1.807) is 0 Å². The Kier molecular flexibility index (Phi) is 19.0. The lowest BCUT2D eigenvalue weighted by atomic mass is 9.96. The molecule has 6 fully saturated rings. The van der Waals surface area contributed by atoms with Crippen molar-refractivity contribution in [3.05, 3.63) is 72.8 Å². The molecule has 0 radical (unpaired) electrons.